The Kier molecular flexibility index (Phi) is 8.21. The predicted molar refractivity (Wildman–Crippen MR) is 108 cm³/mol. The smallest absolute Gasteiger partial charge is 0.329 e. The third-order valence-electron chi connectivity index (χ3n) is 4.24. The Bertz CT molecular complexity index is 821. The molecule has 0 aliphatic carbocycles. The Morgan fingerprint density at radius 1 is 0.931 bits per heavy atom. The lowest BCUT2D eigenvalue weighted by Gasteiger charge is -2.20. The molecule has 0 radical (unpaired) electrons. The molecule has 154 valence electrons. The largest absolute Gasteiger partial charge is 0.497 e. The number of amides is 2. The van der Waals surface area contributed by atoms with Crippen LogP contribution in [0.3, 0.4) is 0 Å². The van der Waals surface area contributed by atoms with Crippen LogP contribution in [0.1, 0.15) is 25.0 Å². The molecule has 0 aromatic heterocycles. The van der Waals surface area contributed by atoms with E-state index in [-0.39, 0.29) is 18.9 Å². The van der Waals surface area contributed by atoms with Crippen molar-refractivity contribution in [2.24, 2.45) is 0 Å². The lowest BCUT2D eigenvalue weighted by atomic mass is 10.1. The summed E-state index contributed by atoms with van der Waals surface area (Å²) < 4.78 is 10.5. The van der Waals surface area contributed by atoms with E-state index >= 15 is 0 Å². The number of carbonyl (C=O) groups is 3. The molecule has 0 fully saturated rings. The molecule has 0 saturated heterocycles. The molecular weight excluding hydrogens is 372 g/mol. The maximum Gasteiger partial charge on any atom is 0.329 e. The van der Waals surface area contributed by atoms with Crippen LogP contribution in [-0.4, -0.2) is 37.0 Å². The number of esters is 1. The molecule has 29 heavy (non-hydrogen) atoms. The third kappa shape index (κ3) is 7.29. The van der Waals surface area contributed by atoms with Crippen molar-refractivity contribution in [1.29, 1.82) is 0 Å². The molecular formula is C22H26N2O5. The number of ether oxygens (including phenoxy) is 2. The second-order valence-corrected chi connectivity index (χ2v) is 6.63. The number of rotatable bonds is 9. The van der Waals surface area contributed by atoms with Crippen LogP contribution in [0.4, 0.5) is 0 Å². The summed E-state index contributed by atoms with van der Waals surface area (Å²) in [6.45, 7) is 2.99. The van der Waals surface area contributed by atoms with Crippen molar-refractivity contribution < 1.29 is 23.9 Å². The Morgan fingerprint density at radius 2 is 1.59 bits per heavy atom. The van der Waals surface area contributed by atoms with Crippen molar-refractivity contribution in [2.45, 2.75) is 39.0 Å². The fourth-order valence-corrected chi connectivity index (χ4v) is 2.69. The zero-order valence-corrected chi connectivity index (χ0v) is 16.8. The first-order valence-electron chi connectivity index (χ1n) is 9.30. The Hall–Kier alpha value is -3.35. The van der Waals surface area contributed by atoms with Crippen LogP contribution in [0.25, 0.3) is 0 Å². The first-order chi connectivity index (χ1) is 13.9. The van der Waals surface area contributed by atoms with E-state index in [1.807, 2.05) is 42.5 Å². The highest BCUT2D eigenvalue weighted by atomic mass is 16.5. The standard InChI is InChI=1S/C22H26N2O5/c1-15(23-16(2)25)21(26)24-20(13-17-9-11-19(28-3)12-10-17)22(27)29-14-18-7-5-4-6-8-18/h4-12,15,20H,13-14H2,1-3H3,(H,23,25)(H,24,26). The monoisotopic (exact) mass is 398 g/mol. The summed E-state index contributed by atoms with van der Waals surface area (Å²) in [6, 6.07) is 14.8. The van der Waals surface area contributed by atoms with Gasteiger partial charge in [0.25, 0.3) is 0 Å². The highest BCUT2D eigenvalue weighted by Gasteiger charge is 2.25. The highest BCUT2D eigenvalue weighted by molar-refractivity contribution is 5.90. The molecule has 0 aliphatic heterocycles. The van der Waals surface area contributed by atoms with Crippen molar-refractivity contribution >= 4 is 17.8 Å². The number of carbonyl (C=O) groups excluding carboxylic acids is 3. The van der Waals surface area contributed by atoms with Crippen LogP contribution in [-0.2, 0) is 32.1 Å². The second-order valence-electron chi connectivity index (χ2n) is 6.63. The van der Waals surface area contributed by atoms with Gasteiger partial charge in [-0.15, -0.1) is 0 Å². The average molecular weight is 398 g/mol. The van der Waals surface area contributed by atoms with Crippen molar-refractivity contribution in [3.05, 3.63) is 65.7 Å². The number of hydrogen-bond acceptors (Lipinski definition) is 5. The van der Waals surface area contributed by atoms with E-state index in [0.717, 1.165) is 11.1 Å². The molecule has 2 amide bonds. The van der Waals surface area contributed by atoms with Crippen LogP contribution in [0, 0.1) is 0 Å². The Labute approximate surface area is 170 Å². The van der Waals surface area contributed by atoms with Crippen LogP contribution in [0.5, 0.6) is 5.75 Å². The minimum atomic E-state index is -0.893. The molecule has 0 heterocycles. The molecule has 2 unspecified atom stereocenters. The van der Waals surface area contributed by atoms with Crippen molar-refractivity contribution in [3.63, 3.8) is 0 Å². The van der Waals surface area contributed by atoms with E-state index in [1.165, 1.54) is 6.92 Å². The molecule has 7 nitrogen and oxygen atoms in total. The van der Waals surface area contributed by atoms with Gasteiger partial charge in [-0.05, 0) is 30.2 Å². The van der Waals surface area contributed by atoms with Crippen molar-refractivity contribution in [3.8, 4) is 5.75 Å². The van der Waals surface area contributed by atoms with Crippen LogP contribution >= 0.6 is 0 Å². The van der Waals surface area contributed by atoms with E-state index in [4.69, 9.17) is 9.47 Å². The molecule has 2 aromatic carbocycles. The minimum Gasteiger partial charge on any atom is -0.497 e. The number of methoxy groups -OCH3 is 1. The summed E-state index contributed by atoms with van der Waals surface area (Å²) in [4.78, 5) is 36.3. The van der Waals surface area contributed by atoms with Crippen molar-refractivity contribution in [1.82, 2.24) is 10.6 Å². The van der Waals surface area contributed by atoms with Gasteiger partial charge in [0.2, 0.25) is 11.8 Å². The number of benzene rings is 2. The predicted octanol–water partition coefficient (Wildman–Crippen LogP) is 1.99. The molecule has 2 aromatic rings. The molecule has 0 saturated carbocycles. The van der Waals surface area contributed by atoms with Gasteiger partial charge in [-0.1, -0.05) is 42.5 Å². The molecule has 0 spiro atoms. The highest BCUT2D eigenvalue weighted by Crippen LogP contribution is 2.14. The van der Waals surface area contributed by atoms with Gasteiger partial charge in [0.15, 0.2) is 0 Å². The topological polar surface area (TPSA) is 93.7 Å². The van der Waals surface area contributed by atoms with Gasteiger partial charge < -0.3 is 20.1 Å². The lowest BCUT2D eigenvalue weighted by molar-refractivity contribution is -0.149. The fraction of sp³-hybridized carbons (Fsp3) is 0.318. The van der Waals surface area contributed by atoms with Gasteiger partial charge in [0.05, 0.1) is 7.11 Å². The van der Waals surface area contributed by atoms with Gasteiger partial charge in [0.1, 0.15) is 24.4 Å². The zero-order valence-electron chi connectivity index (χ0n) is 16.8. The summed E-state index contributed by atoms with van der Waals surface area (Å²) in [5, 5.41) is 5.18. The molecule has 2 N–H and O–H groups in total. The van der Waals surface area contributed by atoms with E-state index in [1.54, 1.807) is 26.2 Å². The quantitative estimate of drug-likeness (QED) is 0.630. The summed E-state index contributed by atoms with van der Waals surface area (Å²) >= 11 is 0. The minimum absolute atomic E-state index is 0.107. The van der Waals surface area contributed by atoms with Crippen LogP contribution in [0.15, 0.2) is 54.6 Å². The lowest BCUT2D eigenvalue weighted by Crippen LogP contribution is -2.51. The maximum atomic E-state index is 12.7. The molecule has 7 heteroatoms. The van der Waals surface area contributed by atoms with E-state index < -0.39 is 24.0 Å². The SMILES string of the molecule is COc1ccc(CC(NC(=O)C(C)NC(C)=O)C(=O)OCc2ccccc2)cc1. The van der Waals surface area contributed by atoms with E-state index in [2.05, 4.69) is 10.6 Å². The van der Waals surface area contributed by atoms with E-state index in [0.29, 0.717) is 5.75 Å². The first kappa shape index (κ1) is 21.9. The van der Waals surface area contributed by atoms with Crippen LogP contribution < -0.4 is 15.4 Å². The summed E-state index contributed by atoms with van der Waals surface area (Å²) in [5.41, 5.74) is 1.68. The summed E-state index contributed by atoms with van der Waals surface area (Å²) in [6.07, 6.45) is 0.246. The van der Waals surface area contributed by atoms with Gasteiger partial charge >= 0.3 is 5.97 Å². The Morgan fingerprint density at radius 3 is 2.17 bits per heavy atom. The molecule has 0 aliphatic rings. The zero-order chi connectivity index (χ0) is 21.2. The average Bonchev–Trinajstić information content (AvgIpc) is 2.72. The molecule has 2 rings (SSSR count). The normalized spacial score (nSPS) is 12.4. The van der Waals surface area contributed by atoms with Gasteiger partial charge in [-0.2, -0.15) is 0 Å². The molecule has 2 atom stereocenters. The summed E-state index contributed by atoms with van der Waals surface area (Å²) in [5.74, 6) is -0.644. The number of nitrogens with one attached hydrogen (secondary N) is 2. The maximum absolute atomic E-state index is 12.7. The Balaban J connectivity index is 2.08. The van der Waals surface area contributed by atoms with E-state index in [9.17, 15) is 14.4 Å². The fourth-order valence-electron chi connectivity index (χ4n) is 2.69. The summed E-state index contributed by atoms with van der Waals surface area (Å²) in [7, 11) is 1.57. The van der Waals surface area contributed by atoms with Gasteiger partial charge in [-0.25, -0.2) is 4.79 Å². The third-order valence-corrected chi connectivity index (χ3v) is 4.24. The van der Waals surface area contributed by atoms with Gasteiger partial charge in [-0.3, -0.25) is 9.59 Å². The number of hydrogen-bond donors (Lipinski definition) is 2. The molecule has 0 bridgehead atoms. The first-order valence-corrected chi connectivity index (χ1v) is 9.30. The van der Waals surface area contributed by atoms with Crippen molar-refractivity contribution in [2.75, 3.05) is 7.11 Å². The van der Waals surface area contributed by atoms with Gasteiger partial charge in [0, 0.05) is 13.3 Å². The van der Waals surface area contributed by atoms with Crippen LogP contribution in [0.2, 0.25) is 0 Å². The second kappa shape index (κ2) is 10.8.